The lowest BCUT2D eigenvalue weighted by molar-refractivity contribution is -0.208. The summed E-state index contributed by atoms with van der Waals surface area (Å²) in [4.78, 5) is 11.8. The summed E-state index contributed by atoms with van der Waals surface area (Å²) in [7, 11) is 1.60. The van der Waals surface area contributed by atoms with Gasteiger partial charge in [0.25, 0.3) is 0 Å². The van der Waals surface area contributed by atoms with Gasteiger partial charge in [-0.3, -0.25) is 4.98 Å². The fourth-order valence-electron chi connectivity index (χ4n) is 2.41. The van der Waals surface area contributed by atoms with Crippen LogP contribution in [0.2, 0.25) is 0 Å². The van der Waals surface area contributed by atoms with E-state index >= 15 is 0 Å². The van der Waals surface area contributed by atoms with Crippen LogP contribution in [0, 0.1) is 0 Å². The van der Waals surface area contributed by atoms with Gasteiger partial charge < -0.3 is 19.2 Å². The van der Waals surface area contributed by atoms with E-state index < -0.39 is 12.7 Å². The van der Waals surface area contributed by atoms with Gasteiger partial charge in [-0.25, -0.2) is 4.98 Å². The number of rotatable bonds is 4. The maximum Gasteiger partial charge on any atom is 0.433 e. The number of hydrogen-bond acceptors (Lipinski definition) is 6. The Labute approximate surface area is 145 Å². The van der Waals surface area contributed by atoms with Crippen molar-refractivity contribution < 1.29 is 23.0 Å². The number of hydrogen-bond donors (Lipinski definition) is 1. The molecule has 3 aromatic rings. The van der Waals surface area contributed by atoms with Crippen LogP contribution in [0.4, 0.5) is 8.78 Å². The quantitative estimate of drug-likeness (QED) is 0.712. The van der Waals surface area contributed by atoms with Crippen LogP contribution in [-0.4, -0.2) is 34.8 Å². The summed E-state index contributed by atoms with van der Waals surface area (Å²) < 4.78 is 41.4. The molecular formula is C16H13F2N3O3S. The van der Waals surface area contributed by atoms with Gasteiger partial charge in [0.15, 0.2) is 23.3 Å². The van der Waals surface area contributed by atoms with E-state index in [0.29, 0.717) is 21.9 Å². The van der Waals surface area contributed by atoms with E-state index in [4.69, 9.17) is 9.47 Å². The maximum absolute atomic E-state index is 13.3. The number of imidazole rings is 1. The summed E-state index contributed by atoms with van der Waals surface area (Å²) in [6.45, 7) is -0.803. The standard InChI is InChI=1S/C16H13F2N3O3S/c1-22-10-2-3-19-9(4-10)7-25-15-20-11-5-13-14(6-12(11)21-15)24-16(17,18)8-23-13/h2-6H,7-8H2,1H3,(H,20,21). The van der Waals surface area contributed by atoms with Crippen molar-refractivity contribution >= 4 is 22.8 Å². The normalized spacial score (nSPS) is 15.3. The zero-order valence-corrected chi connectivity index (χ0v) is 13.9. The highest BCUT2D eigenvalue weighted by Crippen LogP contribution is 2.39. The molecule has 0 spiro atoms. The Kier molecular flexibility index (Phi) is 3.87. The van der Waals surface area contributed by atoms with Crippen LogP contribution < -0.4 is 14.2 Å². The second-order valence-corrected chi connectivity index (χ2v) is 6.33. The Bertz CT molecular complexity index is 932. The minimum absolute atomic E-state index is 0.0127. The van der Waals surface area contributed by atoms with Gasteiger partial charge in [-0.1, -0.05) is 11.8 Å². The first kappa shape index (κ1) is 15.9. The third kappa shape index (κ3) is 3.32. The number of nitrogens with one attached hydrogen (secondary N) is 1. The number of aromatic amines is 1. The number of H-pyrrole nitrogens is 1. The van der Waals surface area contributed by atoms with Crippen molar-refractivity contribution in [2.75, 3.05) is 13.7 Å². The lowest BCUT2D eigenvalue weighted by Crippen LogP contribution is -2.35. The lowest BCUT2D eigenvalue weighted by atomic mass is 10.2. The van der Waals surface area contributed by atoms with Crippen LogP contribution in [0.3, 0.4) is 0 Å². The number of fused-ring (bicyclic) bond motifs is 2. The van der Waals surface area contributed by atoms with E-state index in [1.165, 1.54) is 17.8 Å². The molecule has 0 aliphatic carbocycles. The largest absolute Gasteiger partial charge is 0.497 e. The number of aromatic nitrogens is 3. The van der Waals surface area contributed by atoms with Crippen molar-refractivity contribution in [3.63, 3.8) is 0 Å². The molecule has 1 aliphatic rings. The molecule has 0 bridgehead atoms. The van der Waals surface area contributed by atoms with Crippen molar-refractivity contribution in [1.29, 1.82) is 0 Å². The van der Waals surface area contributed by atoms with E-state index in [1.807, 2.05) is 6.07 Å². The van der Waals surface area contributed by atoms with Gasteiger partial charge in [0.05, 0.1) is 23.8 Å². The van der Waals surface area contributed by atoms with Crippen LogP contribution in [0.5, 0.6) is 17.2 Å². The average Bonchev–Trinajstić information content (AvgIpc) is 2.99. The predicted octanol–water partition coefficient (Wildman–Crippen LogP) is 3.62. The van der Waals surface area contributed by atoms with E-state index in [0.717, 1.165) is 11.4 Å². The molecule has 9 heteroatoms. The van der Waals surface area contributed by atoms with Gasteiger partial charge in [0.2, 0.25) is 0 Å². The molecule has 3 heterocycles. The number of pyridine rings is 1. The van der Waals surface area contributed by atoms with Crippen molar-refractivity contribution in [3.8, 4) is 17.2 Å². The highest BCUT2D eigenvalue weighted by Gasteiger charge is 2.38. The molecular weight excluding hydrogens is 352 g/mol. The van der Waals surface area contributed by atoms with Crippen LogP contribution in [-0.2, 0) is 5.75 Å². The molecule has 0 saturated heterocycles. The number of thioether (sulfide) groups is 1. The van der Waals surface area contributed by atoms with E-state index in [1.54, 1.807) is 25.4 Å². The SMILES string of the molecule is COc1ccnc(CSc2nc3cc4c(cc3[nH]2)OCC(F)(F)O4)c1. The Morgan fingerprint density at radius 2 is 2.20 bits per heavy atom. The maximum atomic E-state index is 13.3. The molecule has 6 nitrogen and oxygen atoms in total. The minimum Gasteiger partial charge on any atom is -0.497 e. The minimum atomic E-state index is -3.33. The van der Waals surface area contributed by atoms with Gasteiger partial charge in [0.1, 0.15) is 5.75 Å². The number of nitrogens with zero attached hydrogens (tertiary/aromatic N) is 2. The fourth-order valence-corrected chi connectivity index (χ4v) is 3.20. The molecule has 25 heavy (non-hydrogen) atoms. The second kappa shape index (κ2) is 6.07. The summed E-state index contributed by atoms with van der Waals surface area (Å²) in [6, 6.07) is 6.68. The third-order valence-electron chi connectivity index (χ3n) is 3.56. The Hall–Kier alpha value is -2.55. The van der Waals surface area contributed by atoms with Crippen LogP contribution in [0.1, 0.15) is 5.69 Å². The van der Waals surface area contributed by atoms with Gasteiger partial charge in [-0.2, -0.15) is 8.78 Å². The predicted molar refractivity (Wildman–Crippen MR) is 87.5 cm³/mol. The Morgan fingerprint density at radius 1 is 1.32 bits per heavy atom. The Morgan fingerprint density at radius 3 is 3.04 bits per heavy atom. The molecule has 0 fully saturated rings. The number of methoxy groups -OCH3 is 1. The zero-order valence-electron chi connectivity index (χ0n) is 13.1. The number of halogens is 2. The summed E-state index contributed by atoms with van der Waals surface area (Å²) in [5.41, 5.74) is 2.06. The van der Waals surface area contributed by atoms with E-state index in [2.05, 4.69) is 19.7 Å². The zero-order chi connectivity index (χ0) is 17.4. The van der Waals surface area contributed by atoms with Gasteiger partial charge >= 0.3 is 6.11 Å². The summed E-state index contributed by atoms with van der Waals surface area (Å²) in [5.74, 6) is 1.58. The second-order valence-electron chi connectivity index (χ2n) is 5.36. The molecule has 0 atom stereocenters. The molecule has 0 saturated carbocycles. The Balaban J connectivity index is 1.55. The molecule has 130 valence electrons. The molecule has 2 aromatic heterocycles. The molecule has 1 aromatic carbocycles. The number of ether oxygens (including phenoxy) is 3. The van der Waals surface area contributed by atoms with E-state index in [-0.39, 0.29) is 11.5 Å². The first-order valence-corrected chi connectivity index (χ1v) is 8.36. The molecule has 0 radical (unpaired) electrons. The first-order valence-electron chi connectivity index (χ1n) is 7.37. The van der Waals surface area contributed by atoms with Crippen molar-refractivity contribution in [2.24, 2.45) is 0 Å². The monoisotopic (exact) mass is 365 g/mol. The van der Waals surface area contributed by atoms with Crippen LogP contribution >= 0.6 is 11.8 Å². The molecule has 0 unspecified atom stereocenters. The van der Waals surface area contributed by atoms with Crippen LogP contribution in [0.25, 0.3) is 11.0 Å². The molecule has 0 amide bonds. The van der Waals surface area contributed by atoms with Gasteiger partial charge in [-0.15, -0.1) is 0 Å². The van der Waals surface area contributed by atoms with Gasteiger partial charge in [-0.05, 0) is 6.07 Å². The molecule has 1 aliphatic heterocycles. The number of benzene rings is 1. The first-order chi connectivity index (χ1) is 12.0. The molecule has 1 N–H and O–H groups in total. The summed E-state index contributed by atoms with van der Waals surface area (Å²) in [6.07, 6.45) is -1.65. The highest BCUT2D eigenvalue weighted by atomic mass is 32.2. The lowest BCUT2D eigenvalue weighted by Gasteiger charge is -2.25. The van der Waals surface area contributed by atoms with Crippen molar-refractivity contribution in [3.05, 3.63) is 36.2 Å². The third-order valence-corrected chi connectivity index (χ3v) is 4.47. The molecule has 4 rings (SSSR count). The fraction of sp³-hybridized carbons (Fsp3) is 0.250. The van der Waals surface area contributed by atoms with Crippen molar-refractivity contribution in [1.82, 2.24) is 15.0 Å². The summed E-state index contributed by atoms with van der Waals surface area (Å²) in [5, 5.41) is 0.647. The number of alkyl halides is 2. The van der Waals surface area contributed by atoms with E-state index in [9.17, 15) is 8.78 Å². The van der Waals surface area contributed by atoms with Gasteiger partial charge in [0, 0.05) is 30.1 Å². The smallest absolute Gasteiger partial charge is 0.433 e. The summed E-state index contributed by atoms with van der Waals surface area (Å²) >= 11 is 1.45. The van der Waals surface area contributed by atoms with Crippen LogP contribution in [0.15, 0.2) is 35.6 Å². The average molecular weight is 365 g/mol. The topological polar surface area (TPSA) is 69.3 Å². The van der Waals surface area contributed by atoms with Crippen molar-refractivity contribution in [2.45, 2.75) is 17.0 Å². The highest BCUT2D eigenvalue weighted by molar-refractivity contribution is 7.98.